The van der Waals surface area contributed by atoms with E-state index in [1.54, 1.807) is 14.2 Å². The van der Waals surface area contributed by atoms with Gasteiger partial charge in [-0.2, -0.15) is 0 Å². The average Bonchev–Trinajstić information content (AvgIpc) is 2.92. The molecule has 2 aromatic rings. The van der Waals surface area contributed by atoms with Crippen LogP contribution in [0.5, 0.6) is 11.5 Å². The van der Waals surface area contributed by atoms with Crippen molar-refractivity contribution in [3.8, 4) is 22.9 Å². The monoisotopic (exact) mass is 429 g/mol. The Hall–Kier alpha value is -1.31. The Bertz CT molecular complexity index is 723. The summed E-state index contributed by atoms with van der Waals surface area (Å²) in [5, 5.41) is 4.80. The van der Waals surface area contributed by atoms with Gasteiger partial charge in [-0.05, 0) is 45.4 Å². The van der Waals surface area contributed by atoms with Gasteiger partial charge >= 0.3 is 5.82 Å². The van der Waals surface area contributed by atoms with E-state index in [0.29, 0.717) is 6.04 Å². The number of hydrogen-bond donors (Lipinski definition) is 0. The second-order valence-electron chi connectivity index (χ2n) is 6.74. The molecule has 23 heavy (non-hydrogen) atoms. The minimum atomic E-state index is -0.0188. The summed E-state index contributed by atoms with van der Waals surface area (Å²) in [7, 11) is 3.34. The Morgan fingerprint density at radius 2 is 1.78 bits per heavy atom. The molecular weight excluding hydrogens is 405 g/mol. The van der Waals surface area contributed by atoms with Gasteiger partial charge in [0.25, 0.3) is 0 Å². The second-order valence-corrected chi connectivity index (χ2v) is 6.74. The maximum Gasteiger partial charge on any atom is 0.309 e. The van der Waals surface area contributed by atoms with Gasteiger partial charge in [-0.1, -0.05) is 0 Å². The van der Waals surface area contributed by atoms with Crippen LogP contribution in [0.15, 0.2) is 18.5 Å². The van der Waals surface area contributed by atoms with Gasteiger partial charge in [0.2, 0.25) is 6.33 Å². The highest BCUT2D eigenvalue weighted by Gasteiger charge is 2.39. The molecule has 6 heteroatoms. The van der Waals surface area contributed by atoms with Crippen LogP contribution in [0.1, 0.15) is 39.3 Å². The van der Waals surface area contributed by atoms with E-state index in [2.05, 4.69) is 44.7 Å². The number of benzene rings is 1. The van der Waals surface area contributed by atoms with Gasteiger partial charge in [0.15, 0.2) is 11.5 Å². The zero-order valence-corrected chi connectivity index (χ0v) is 16.7. The van der Waals surface area contributed by atoms with E-state index in [1.807, 2.05) is 10.7 Å². The van der Waals surface area contributed by atoms with Gasteiger partial charge in [-0.15, -0.1) is 4.68 Å². The second kappa shape index (κ2) is 6.30. The number of halogens is 1. The first-order valence-corrected chi connectivity index (χ1v) is 7.64. The van der Waals surface area contributed by atoms with Gasteiger partial charge in [0.05, 0.1) is 25.3 Å². The van der Waals surface area contributed by atoms with Crippen molar-refractivity contribution < 1.29 is 38.0 Å². The zero-order valence-electron chi connectivity index (χ0n) is 14.6. The number of nitrogens with zero attached hydrogens (tertiary/aromatic N) is 3. The highest BCUT2D eigenvalue weighted by Crippen LogP contribution is 2.39. The van der Waals surface area contributed by atoms with Crippen LogP contribution in [0.25, 0.3) is 11.4 Å². The van der Waals surface area contributed by atoms with Crippen molar-refractivity contribution in [3.63, 3.8) is 0 Å². The van der Waals surface area contributed by atoms with Crippen molar-refractivity contribution in [1.29, 1.82) is 0 Å². The highest BCUT2D eigenvalue weighted by molar-refractivity contribution is 5.65. The van der Waals surface area contributed by atoms with E-state index in [1.165, 1.54) is 5.56 Å². The molecule has 0 unspecified atom stereocenters. The quantitative estimate of drug-likeness (QED) is 0.499. The average molecular weight is 429 g/mol. The van der Waals surface area contributed by atoms with E-state index in [-0.39, 0.29) is 29.5 Å². The molecule has 1 aliphatic heterocycles. The minimum absolute atomic E-state index is 0. The van der Waals surface area contributed by atoms with E-state index >= 15 is 0 Å². The third-order valence-corrected chi connectivity index (χ3v) is 4.33. The lowest BCUT2D eigenvalue weighted by atomic mass is 9.87. The van der Waals surface area contributed by atoms with Gasteiger partial charge in [0, 0.05) is 11.5 Å². The molecule has 0 fully saturated rings. The number of aromatic nitrogens is 3. The molecule has 0 spiro atoms. The summed E-state index contributed by atoms with van der Waals surface area (Å²) in [4.78, 5) is 0. The summed E-state index contributed by atoms with van der Waals surface area (Å²) in [5.41, 5.74) is 2.35. The van der Waals surface area contributed by atoms with E-state index in [4.69, 9.17) is 14.6 Å². The first-order chi connectivity index (χ1) is 10.4. The maximum atomic E-state index is 5.45. The molecule has 0 bridgehead atoms. The molecule has 5 nitrogen and oxygen atoms in total. The van der Waals surface area contributed by atoms with E-state index < -0.39 is 0 Å². The van der Waals surface area contributed by atoms with Crippen LogP contribution >= 0.6 is 0 Å². The van der Waals surface area contributed by atoms with Crippen LogP contribution in [0.2, 0.25) is 0 Å². The lowest BCUT2D eigenvalue weighted by Gasteiger charge is -2.29. The molecule has 1 aromatic carbocycles. The van der Waals surface area contributed by atoms with E-state index in [0.717, 1.165) is 29.3 Å². The zero-order chi connectivity index (χ0) is 16.1. The summed E-state index contributed by atoms with van der Waals surface area (Å²) < 4.78 is 15.2. The lowest BCUT2D eigenvalue weighted by Crippen LogP contribution is -3.00. The number of fused-ring (bicyclic) bond motifs is 3. The molecule has 0 radical (unpaired) electrons. The number of methoxy groups -OCH3 is 2. The Labute approximate surface area is 154 Å². The highest BCUT2D eigenvalue weighted by atomic mass is 127. The molecule has 0 N–H and O–H groups in total. The third kappa shape index (κ3) is 2.93. The molecule has 0 saturated carbocycles. The fraction of sp³-hybridized carbons (Fsp3) is 0.529. The molecule has 126 valence electrons. The Morgan fingerprint density at radius 3 is 2.35 bits per heavy atom. The van der Waals surface area contributed by atoms with Crippen molar-refractivity contribution in [2.45, 2.75) is 45.7 Å². The summed E-state index contributed by atoms with van der Waals surface area (Å²) in [6.07, 6.45) is 3.05. The molecule has 0 aliphatic carbocycles. The van der Waals surface area contributed by atoms with Crippen LogP contribution < -0.4 is 38.0 Å². The van der Waals surface area contributed by atoms with Crippen LogP contribution in [-0.4, -0.2) is 24.0 Å². The fourth-order valence-electron chi connectivity index (χ4n) is 3.06. The Balaban J connectivity index is 0.00000192. The lowest BCUT2D eigenvalue weighted by molar-refractivity contribution is -0.750. The van der Waals surface area contributed by atoms with Crippen molar-refractivity contribution in [2.75, 3.05) is 14.2 Å². The molecule has 2 heterocycles. The normalized spacial score (nSPS) is 14.7. The Morgan fingerprint density at radius 1 is 1.17 bits per heavy atom. The van der Waals surface area contributed by atoms with Crippen LogP contribution in [0.4, 0.5) is 0 Å². The first-order valence-electron chi connectivity index (χ1n) is 7.64. The van der Waals surface area contributed by atoms with Crippen LogP contribution in [-0.2, 0) is 12.0 Å². The maximum absolute atomic E-state index is 5.45. The minimum Gasteiger partial charge on any atom is -1.00 e. The molecule has 0 saturated heterocycles. The topological polar surface area (TPSA) is 40.2 Å². The van der Waals surface area contributed by atoms with Crippen molar-refractivity contribution in [1.82, 2.24) is 9.78 Å². The number of hydrogen-bond acceptors (Lipinski definition) is 3. The summed E-state index contributed by atoms with van der Waals surface area (Å²) in [6, 6.07) is 4.44. The van der Waals surface area contributed by atoms with Crippen LogP contribution in [0, 0.1) is 0 Å². The smallest absolute Gasteiger partial charge is 0.309 e. The molecule has 1 aliphatic rings. The largest absolute Gasteiger partial charge is 1.00 e. The fourth-order valence-corrected chi connectivity index (χ4v) is 3.06. The van der Waals surface area contributed by atoms with Gasteiger partial charge in [0.1, 0.15) is 6.04 Å². The first kappa shape index (κ1) is 18.0. The van der Waals surface area contributed by atoms with Crippen LogP contribution in [0.3, 0.4) is 0 Å². The van der Waals surface area contributed by atoms with Crippen molar-refractivity contribution in [3.05, 3.63) is 24.0 Å². The predicted octanol–water partition coefficient (Wildman–Crippen LogP) is -0.269. The summed E-state index contributed by atoms with van der Waals surface area (Å²) in [5.74, 6) is 2.50. The molecular formula is C17H24IN3O2. The Kier molecular flexibility index (Phi) is 4.94. The number of rotatable bonds is 3. The van der Waals surface area contributed by atoms with Crippen molar-refractivity contribution in [2.24, 2.45) is 0 Å². The summed E-state index contributed by atoms with van der Waals surface area (Å²) >= 11 is 0. The van der Waals surface area contributed by atoms with Gasteiger partial charge < -0.3 is 33.5 Å². The summed E-state index contributed by atoms with van der Waals surface area (Å²) in [6.45, 7) is 8.76. The molecule has 1 aromatic heterocycles. The number of ether oxygens (including phenoxy) is 2. The molecule has 0 amide bonds. The molecule has 3 rings (SSSR count). The third-order valence-electron chi connectivity index (χ3n) is 4.33. The SMILES string of the molecule is COc1cc2c(cc1OC)-c1nn(C(C)C)c[n+]1C(C)(C)C2.[I-]. The van der Waals surface area contributed by atoms with Gasteiger partial charge in [-0.3, -0.25) is 0 Å². The van der Waals surface area contributed by atoms with Gasteiger partial charge in [-0.25, -0.2) is 4.57 Å². The van der Waals surface area contributed by atoms with Crippen molar-refractivity contribution >= 4 is 0 Å². The predicted molar refractivity (Wildman–Crippen MR) is 84.4 cm³/mol. The standard InChI is InChI=1S/C17H24N3O2.HI/c1-11(2)20-10-19-16(18-20)13-8-15(22-6)14(21-5)7-12(13)9-17(19,3)4;/h7-8,10-11H,9H2,1-6H3;1H/q+1;/p-1. The van der Waals surface area contributed by atoms with E-state index in [9.17, 15) is 0 Å². The molecule has 0 atom stereocenters.